The van der Waals surface area contributed by atoms with Gasteiger partial charge in [0, 0.05) is 25.2 Å². The quantitative estimate of drug-likeness (QED) is 0.259. The van der Waals surface area contributed by atoms with Crippen LogP contribution >= 0.6 is 0 Å². The summed E-state index contributed by atoms with van der Waals surface area (Å²) in [5, 5.41) is 0. The van der Waals surface area contributed by atoms with Crippen LogP contribution in [0.3, 0.4) is 0 Å². The third-order valence-electron chi connectivity index (χ3n) is 4.65. The van der Waals surface area contributed by atoms with Crippen molar-refractivity contribution in [1.29, 1.82) is 0 Å². The summed E-state index contributed by atoms with van der Waals surface area (Å²) in [7, 11) is 3.39. The molecule has 2 aromatic rings. The van der Waals surface area contributed by atoms with E-state index in [-0.39, 0.29) is 11.7 Å². The van der Waals surface area contributed by atoms with Gasteiger partial charge in [0.05, 0.1) is 5.56 Å². The van der Waals surface area contributed by atoms with E-state index in [1.54, 1.807) is 44.4 Å². The van der Waals surface area contributed by atoms with Gasteiger partial charge in [-0.15, -0.1) is 6.58 Å². The fourth-order valence-electron chi connectivity index (χ4n) is 3.24. The number of carbonyl (C=O) groups is 2. The summed E-state index contributed by atoms with van der Waals surface area (Å²) < 4.78 is 12.6. The van der Waals surface area contributed by atoms with E-state index in [1.807, 2.05) is 59.8 Å². The molecule has 0 atom stereocenters. The lowest BCUT2D eigenvalue weighted by Crippen LogP contribution is -2.26. The summed E-state index contributed by atoms with van der Waals surface area (Å²) in [5.41, 5.74) is 1.81. The van der Waals surface area contributed by atoms with Crippen molar-refractivity contribution in [2.24, 2.45) is 0 Å². The second kappa shape index (κ2) is 10.7. The van der Waals surface area contributed by atoms with Crippen molar-refractivity contribution in [3.63, 3.8) is 0 Å². The molecule has 0 aliphatic carbocycles. The highest BCUT2D eigenvalue weighted by Gasteiger charge is 2.22. The Kier molecular flexibility index (Phi) is 8.49. The summed E-state index contributed by atoms with van der Waals surface area (Å²) in [5.74, 6) is 1.02. The summed E-state index contributed by atoms with van der Waals surface area (Å²) in [4.78, 5) is 26.6. The van der Waals surface area contributed by atoms with Crippen LogP contribution in [-0.2, 0) is 6.42 Å². The molecule has 1 amide bonds. The Bertz CT molecular complexity index is 1070. The lowest BCUT2D eigenvalue weighted by molar-refractivity contribution is 0.0827. The van der Waals surface area contributed by atoms with Gasteiger partial charge in [-0.25, -0.2) is 0 Å². The first-order chi connectivity index (χ1) is 15.7. The Balaban J connectivity index is 2.51. The van der Waals surface area contributed by atoms with Crippen molar-refractivity contribution in [2.75, 3.05) is 14.1 Å². The molecule has 2 aromatic carbocycles. The molecule has 0 aliphatic rings. The van der Waals surface area contributed by atoms with Crippen molar-refractivity contribution in [1.82, 2.24) is 4.90 Å². The fraction of sp³-hybridized carbons (Fsp3) is 0.379. The minimum Gasteiger partial charge on any atom is -0.487 e. The van der Waals surface area contributed by atoms with Gasteiger partial charge >= 0.3 is 0 Å². The predicted molar refractivity (Wildman–Crippen MR) is 139 cm³/mol. The summed E-state index contributed by atoms with van der Waals surface area (Å²) >= 11 is 0. The Morgan fingerprint density at radius 1 is 0.882 bits per heavy atom. The number of hydrogen-bond acceptors (Lipinski definition) is 4. The van der Waals surface area contributed by atoms with E-state index in [4.69, 9.17) is 9.47 Å². The van der Waals surface area contributed by atoms with Crippen molar-refractivity contribution < 1.29 is 19.1 Å². The van der Waals surface area contributed by atoms with Gasteiger partial charge in [0.15, 0.2) is 5.78 Å². The molecule has 0 aromatic heterocycles. The molecule has 0 saturated heterocycles. The SMILES string of the molecule is C=CCc1ccc(OC(C)(C)C)c(/C=C/C(=O)c2ccc(C(=O)N(C)C)cc2)c1OC(C)(C)C. The standard InChI is InChI=1S/C29H37NO4/c1-10-11-21-16-19-25(33-28(2,3)4)23(26(21)34-29(5,6)7)17-18-24(31)20-12-14-22(15-13-20)27(32)30(8)9/h10,12-19H,1,11H2,2-9H3/b18-17+. The zero-order valence-corrected chi connectivity index (χ0v) is 21.7. The number of ketones is 1. The molecule has 0 radical (unpaired) electrons. The van der Waals surface area contributed by atoms with E-state index in [0.29, 0.717) is 34.6 Å². The molecule has 0 saturated carbocycles. The average molecular weight is 464 g/mol. The van der Waals surface area contributed by atoms with Gasteiger partial charge in [0.2, 0.25) is 0 Å². The molecule has 2 rings (SSSR count). The molecule has 0 unspecified atom stereocenters. The second-order valence-corrected chi connectivity index (χ2v) is 10.4. The first kappa shape index (κ1) is 26.9. The van der Waals surface area contributed by atoms with Gasteiger partial charge in [0.1, 0.15) is 22.7 Å². The third-order valence-corrected chi connectivity index (χ3v) is 4.65. The first-order valence-corrected chi connectivity index (χ1v) is 11.4. The minimum absolute atomic E-state index is 0.110. The van der Waals surface area contributed by atoms with Gasteiger partial charge in [-0.1, -0.05) is 24.3 Å². The van der Waals surface area contributed by atoms with Crippen LogP contribution in [0.1, 0.15) is 73.4 Å². The molecule has 5 nitrogen and oxygen atoms in total. The summed E-state index contributed by atoms with van der Waals surface area (Å²) in [6.45, 7) is 15.7. The maximum Gasteiger partial charge on any atom is 0.253 e. The monoisotopic (exact) mass is 463 g/mol. The van der Waals surface area contributed by atoms with Crippen LogP contribution in [0.4, 0.5) is 0 Å². The number of hydrogen-bond donors (Lipinski definition) is 0. The number of ether oxygens (including phenoxy) is 2. The summed E-state index contributed by atoms with van der Waals surface area (Å²) in [6.07, 6.45) is 5.71. The minimum atomic E-state index is -0.447. The summed E-state index contributed by atoms with van der Waals surface area (Å²) in [6, 6.07) is 10.5. The van der Waals surface area contributed by atoms with E-state index in [2.05, 4.69) is 6.58 Å². The van der Waals surface area contributed by atoms with E-state index >= 15 is 0 Å². The fourth-order valence-corrected chi connectivity index (χ4v) is 3.24. The molecule has 0 N–H and O–H groups in total. The smallest absolute Gasteiger partial charge is 0.253 e. The number of amides is 1. The van der Waals surface area contributed by atoms with Crippen molar-refractivity contribution in [2.45, 2.75) is 59.2 Å². The van der Waals surface area contributed by atoms with E-state index in [1.165, 1.54) is 11.0 Å². The molecular formula is C29H37NO4. The zero-order valence-electron chi connectivity index (χ0n) is 21.7. The molecule has 0 aliphatic heterocycles. The largest absolute Gasteiger partial charge is 0.487 e. The van der Waals surface area contributed by atoms with Gasteiger partial charge in [-0.3, -0.25) is 9.59 Å². The Hall–Kier alpha value is -3.34. The molecule has 0 bridgehead atoms. The maximum absolute atomic E-state index is 13.0. The van der Waals surface area contributed by atoms with Crippen LogP contribution in [0, 0.1) is 0 Å². The molecular weight excluding hydrogens is 426 g/mol. The van der Waals surface area contributed by atoms with Gasteiger partial charge in [-0.2, -0.15) is 0 Å². The van der Waals surface area contributed by atoms with Gasteiger partial charge in [0.25, 0.3) is 5.91 Å². The highest BCUT2D eigenvalue weighted by atomic mass is 16.5. The highest BCUT2D eigenvalue weighted by Crippen LogP contribution is 2.38. The van der Waals surface area contributed by atoms with Crippen LogP contribution in [0.5, 0.6) is 11.5 Å². The van der Waals surface area contributed by atoms with Crippen LogP contribution in [0.25, 0.3) is 6.08 Å². The van der Waals surface area contributed by atoms with E-state index < -0.39 is 11.2 Å². The number of benzene rings is 2. The third kappa shape index (κ3) is 7.62. The van der Waals surface area contributed by atoms with Gasteiger partial charge in [-0.05, 0) is 83.9 Å². The normalized spacial score (nSPS) is 11.9. The van der Waals surface area contributed by atoms with Crippen molar-refractivity contribution >= 4 is 17.8 Å². The van der Waals surface area contributed by atoms with Crippen molar-refractivity contribution in [3.8, 4) is 11.5 Å². The molecule has 0 spiro atoms. The van der Waals surface area contributed by atoms with Crippen LogP contribution in [-0.4, -0.2) is 41.9 Å². The Labute approximate surface area is 204 Å². The van der Waals surface area contributed by atoms with Crippen molar-refractivity contribution in [3.05, 3.63) is 77.4 Å². The number of rotatable bonds is 8. The van der Waals surface area contributed by atoms with Gasteiger partial charge < -0.3 is 14.4 Å². The molecule has 34 heavy (non-hydrogen) atoms. The van der Waals surface area contributed by atoms with Crippen LogP contribution < -0.4 is 9.47 Å². The number of carbonyl (C=O) groups excluding carboxylic acids is 2. The maximum atomic E-state index is 13.0. The van der Waals surface area contributed by atoms with Crippen LogP contribution in [0.2, 0.25) is 0 Å². The molecule has 5 heteroatoms. The zero-order chi connectivity index (χ0) is 25.7. The second-order valence-electron chi connectivity index (χ2n) is 10.4. The topological polar surface area (TPSA) is 55.8 Å². The molecule has 0 fully saturated rings. The molecule has 0 heterocycles. The Morgan fingerprint density at radius 2 is 1.44 bits per heavy atom. The number of allylic oxidation sites excluding steroid dienone is 2. The molecule has 182 valence electrons. The van der Waals surface area contributed by atoms with E-state index in [0.717, 1.165) is 5.56 Å². The van der Waals surface area contributed by atoms with Crippen LogP contribution in [0.15, 0.2) is 55.1 Å². The lowest BCUT2D eigenvalue weighted by atomic mass is 10.0. The predicted octanol–water partition coefficient (Wildman–Crippen LogP) is 6.37. The number of nitrogens with zero attached hydrogens (tertiary/aromatic N) is 1. The first-order valence-electron chi connectivity index (χ1n) is 11.4. The Morgan fingerprint density at radius 3 is 1.94 bits per heavy atom. The van der Waals surface area contributed by atoms with E-state index in [9.17, 15) is 9.59 Å². The average Bonchev–Trinajstić information content (AvgIpc) is 2.72. The lowest BCUT2D eigenvalue weighted by Gasteiger charge is -2.28. The highest BCUT2D eigenvalue weighted by molar-refractivity contribution is 6.07.